The first-order chi connectivity index (χ1) is 7.83. The zero-order valence-electron chi connectivity index (χ0n) is 10.2. The van der Waals surface area contributed by atoms with Gasteiger partial charge in [0, 0.05) is 24.4 Å². The van der Waals surface area contributed by atoms with Gasteiger partial charge in [-0.15, -0.1) is 0 Å². The number of amides is 1. The molecule has 0 aliphatic rings. The van der Waals surface area contributed by atoms with Gasteiger partial charge in [-0.3, -0.25) is 4.79 Å². The van der Waals surface area contributed by atoms with Crippen molar-refractivity contribution >= 4 is 5.91 Å². The number of hydrogen-bond acceptors (Lipinski definition) is 3. The Labute approximate surface area is 99.9 Å². The lowest BCUT2D eigenvalue weighted by molar-refractivity contribution is 0.0142. The Morgan fingerprint density at radius 1 is 1.65 bits per heavy atom. The molecule has 1 aromatic heterocycles. The first-order valence-electron chi connectivity index (χ1n) is 5.45. The Balaban J connectivity index is 2.62. The molecule has 2 N–H and O–H groups in total. The maximum atomic E-state index is 12.8. The van der Waals surface area contributed by atoms with E-state index in [0.29, 0.717) is 0 Å². The summed E-state index contributed by atoms with van der Waals surface area (Å²) >= 11 is 0. The van der Waals surface area contributed by atoms with Crippen molar-refractivity contribution in [2.24, 2.45) is 5.92 Å². The normalized spacial score (nSPS) is 14.5. The third-order valence-corrected chi connectivity index (χ3v) is 2.84. The fraction of sp³-hybridized carbons (Fsp3) is 0.500. The van der Waals surface area contributed by atoms with Crippen molar-refractivity contribution in [1.82, 2.24) is 10.3 Å². The summed E-state index contributed by atoms with van der Waals surface area (Å²) in [5, 5.41) is 12.5. The van der Waals surface area contributed by atoms with Gasteiger partial charge in [-0.2, -0.15) is 4.39 Å². The van der Waals surface area contributed by atoms with E-state index in [1.807, 2.05) is 13.8 Å². The molecule has 0 saturated heterocycles. The van der Waals surface area contributed by atoms with Gasteiger partial charge in [0.25, 0.3) is 5.91 Å². The van der Waals surface area contributed by atoms with E-state index in [-0.39, 0.29) is 18.0 Å². The van der Waals surface area contributed by atoms with Crippen LogP contribution < -0.4 is 5.32 Å². The molecule has 0 saturated carbocycles. The Morgan fingerprint density at radius 3 is 2.82 bits per heavy atom. The van der Waals surface area contributed by atoms with E-state index in [9.17, 15) is 14.3 Å². The van der Waals surface area contributed by atoms with E-state index in [1.165, 1.54) is 12.3 Å². The first-order valence-corrected chi connectivity index (χ1v) is 5.45. The van der Waals surface area contributed by atoms with E-state index < -0.39 is 17.5 Å². The summed E-state index contributed by atoms with van der Waals surface area (Å²) in [7, 11) is 0. The van der Waals surface area contributed by atoms with Crippen molar-refractivity contribution in [1.29, 1.82) is 0 Å². The molecule has 1 unspecified atom stereocenters. The van der Waals surface area contributed by atoms with Gasteiger partial charge in [0.2, 0.25) is 5.95 Å². The number of nitrogens with zero attached hydrogens (tertiary/aromatic N) is 1. The average Bonchev–Trinajstić information content (AvgIpc) is 2.25. The highest BCUT2D eigenvalue weighted by molar-refractivity contribution is 5.94. The number of rotatable bonds is 4. The van der Waals surface area contributed by atoms with E-state index in [0.717, 1.165) is 6.07 Å². The van der Waals surface area contributed by atoms with E-state index in [4.69, 9.17) is 0 Å². The zero-order chi connectivity index (χ0) is 13.1. The molecule has 1 rings (SSSR count). The maximum Gasteiger partial charge on any atom is 0.251 e. The minimum Gasteiger partial charge on any atom is -0.388 e. The predicted octanol–water partition coefficient (Wildman–Crippen LogP) is 1.36. The van der Waals surface area contributed by atoms with Crippen LogP contribution in [-0.4, -0.2) is 28.1 Å². The predicted molar refractivity (Wildman–Crippen MR) is 62.0 cm³/mol. The molecular weight excluding hydrogens is 223 g/mol. The number of pyridine rings is 1. The van der Waals surface area contributed by atoms with Crippen molar-refractivity contribution in [2.45, 2.75) is 26.4 Å². The summed E-state index contributed by atoms with van der Waals surface area (Å²) in [5.74, 6) is -1.11. The Hall–Kier alpha value is -1.49. The van der Waals surface area contributed by atoms with Gasteiger partial charge in [0.05, 0.1) is 5.60 Å². The quantitative estimate of drug-likeness (QED) is 0.781. The lowest BCUT2D eigenvalue weighted by Gasteiger charge is -2.27. The summed E-state index contributed by atoms with van der Waals surface area (Å²) in [6, 6.07) is 2.47. The van der Waals surface area contributed by atoms with Gasteiger partial charge in [-0.05, 0) is 18.9 Å². The number of halogens is 1. The third-order valence-electron chi connectivity index (χ3n) is 2.84. The zero-order valence-corrected chi connectivity index (χ0v) is 10.2. The van der Waals surface area contributed by atoms with Crippen LogP contribution in [-0.2, 0) is 0 Å². The van der Waals surface area contributed by atoms with Gasteiger partial charge >= 0.3 is 0 Å². The Kier molecular flexibility index (Phi) is 4.17. The SMILES string of the molecule is CC(C)C(C)(O)CNC(=O)c1ccnc(F)c1. The van der Waals surface area contributed by atoms with Crippen LogP contribution in [0.5, 0.6) is 0 Å². The highest BCUT2D eigenvalue weighted by Crippen LogP contribution is 2.14. The molecular formula is C12H17FN2O2. The molecule has 0 aliphatic carbocycles. The topological polar surface area (TPSA) is 62.2 Å². The summed E-state index contributed by atoms with van der Waals surface area (Å²) in [6.45, 7) is 5.48. The van der Waals surface area contributed by atoms with Crippen LogP contribution in [0.1, 0.15) is 31.1 Å². The number of carbonyl (C=O) groups is 1. The van der Waals surface area contributed by atoms with Gasteiger partial charge < -0.3 is 10.4 Å². The summed E-state index contributed by atoms with van der Waals surface area (Å²) in [5.41, 5.74) is -0.793. The van der Waals surface area contributed by atoms with E-state index >= 15 is 0 Å². The second-order valence-corrected chi connectivity index (χ2v) is 4.56. The van der Waals surface area contributed by atoms with Crippen LogP contribution in [0.15, 0.2) is 18.3 Å². The van der Waals surface area contributed by atoms with Gasteiger partial charge in [-0.25, -0.2) is 4.98 Å². The Bertz CT molecular complexity index is 405. The smallest absolute Gasteiger partial charge is 0.251 e. The largest absolute Gasteiger partial charge is 0.388 e. The molecule has 4 nitrogen and oxygen atoms in total. The van der Waals surface area contributed by atoms with Crippen molar-refractivity contribution in [3.05, 3.63) is 29.8 Å². The van der Waals surface area contributed by atoms with Crippen LogP contribution in [0.25, 0.3) is 0 Å². The summed E-state index contributed by atoms with van der Waals surface area (Å²) < 4.78 is 12.8. The van der Waals surface area contributed by atoms with Crippen molar-refractivity contribution in [3.8, 4) is 0 Å². The molecule has 1 amide bonds. The molecule has 5 heteroatoms. The molecule has 1 heterocycles. The van der Waals surface area contributed by atoms with Crippen LogP contribution in [0.4, 0.5) is 4.39 Å². The number of nitrogens with one attached hydrogen (secondary N) is 1. The molecule has 0 fully saturated rings. The molecule has 0 aromatic carbocycles. The average molecular weight is 240 g/mol. The fourth-order valence-electron chi connectivity index (χ4n) is 1.11. The maximum absolute atomic E-state index is 12.8. The van der Waals surface area contributed by atoms with Gasteiger partial charge in [-0.1, -0.05) is 13.8 Å². The summed E-state index contributed by atoms with van der Waals surface area (Å²) in [6.07, 6.45) is 1.23. The molecule has 0 bridgehead atoms. The number of hydrogen-bond donors (Lipinski definition) is 2. The van der Waals surface area contributed by atoms with Crippen LogP contribution in [0, 0.1) is 11.9 Å². The van der Waals surface area contributed by atoms with Crippen LogP contribution >= 0.6 is 0 Å². The summed E-state index contributed by atoms with van der Waals surface area (Å²) in [4.78, 5) is 15.0. The number of aliphatic hydroxyl groups is 1. The molecule has 1 aromatic rings. The number of carbonyl (C=O) groups excluding carboxylic acids is 1. The Morgan fingerprint density at radius 2 is 2.29 bits per heavy atom. The van der Waals surface area contributed by atoms with Crippen molar-refractivity contribution in [2.75, 3.05) is 6.54 Å². The van der Waals surface area contributed by atoms with Crippen LogP contribution in [0.3, 0.4) is 0 Å². The van der Waals surface area contributed by atoms with E-state index in [2.05, 4.69) is 10.3 Å². The minimum atomic E-state index is -0.985. The second-order valence-electron chi connectivity index (χ2n) is 4.56. The van der Waals surface area contributed by atoms with E-state index in [1.54, 1.807) is 6.92 Å². The van der Waals surface area contributed by atoms with Crippen molar-refractivity contribution in [3.63, 3.8) is 0 Å². The third kappa shape index (κ3) is 3.78. The minimum absolute atomic E-state index is 0.0111. The molecule has 1 atom stereocenters. The van der Waals surface area contributed by atoms with Gasteiger partial charge in [0.1, 0.15) is 0 Å². The highest BCUT2D eigenvalue weighted by atomic mass is 19.1. The molecule has 17 heavy (non-hydrogen) atoms. The second kappa shape index (κ2) is 5.23. The molecule has 94 valence electrons. The fourth-order valence-corrected chi connectivity index (χ4v) is 1.11. The monoisotopic (exact) mass is 240 g/mol. The first kappa shape index (κ1) is 13.6. The molecule has 0 radical (unpaired) electrons. The standard InChI is InChI=1S/C12H17FN2O2/c1-8(2)12(3,17)7-15-11(16)9-4-5-14-10(13)6-9/h4-6,8,17H,7H2,1-3H3,(H,15,16). The highest BCUT2D eigenvalue weighted by Gasteiger charge is 2.25. The van der Waals surface area contributed by atoms with Gasteiger partial charge in [0.15, 0.2) is 0 Å². The lowest BCUT2D eigenvalue weighted by atomic mass is 9.92. The molecule has 0 aliphatic heterocycles. The van der Waals surface area contributed by atoms with Crippen molar-refractivity contribution < 1.29 is 14.3 Å². The number of aromatic nitrogens is 1. The lowest BCUT2D eigenvalue weighted by Crippen LogP contribution is -2.44. The van der Waals surface area contributed by atoms with Crippen LogP contribution in [0.2, 0.25) is 0 Å². The molecule has 0 spiro atoms.